The van der Waals surface area contributed by atoms with E-state index in [1.165, 1.54) is 0 Å². The van der Waals surface area contributed by atoms with Crippen LogP contribution in [0.2, 0.25) is 0 Å². The lowest BCUT2D eigenvalue weighted by atomic mass is 9.95. The number of nitrogens with zero attached hydrogens (tertiary/aromatic N) is 5. The van der Waals surface area contributed by atoms with Gasteiger partial charge < -0.3 is 9.30 Å². The quantitative estimate of drug-likeness (QED) is 0.409. The molecule has 34 heavy (non-hydrogen) atoms. The minimum Gasteiger partial charge on any atom is -0.328 e. The molecule has 0 saturated heterocycles. The minimum absolute atomic E-state index is 0.167. The van der Waals surface area contributed by atoms with Crippen LogP contribution in [0.1, 0.15) is 59.3 Å². The Hall–Kier alpha value is -3.62. The van der Waals surface area contributed by atoms with E-state index in [1.807, 2.05) is 35.7 Å². The van der Waals surface area contributed by atoms with Crippen LogP contribution < -0.4 is 0 Å². The molecule has 1 atom stereocenters. The van der Waals surface area contributed by atoms with Gasteiger partial charge in [0.1, 0.15) is 5.82 Å². The summed E-state index contributed by atoms with van der Waals surface area (Å²) < 4.78 is 44.9. The zero-order valence-electron chi connectivity index (χ0n) is 18.7. The fraction of sp³-hybridized carbons (Fsp3) is 0.320. The molecule has 2 aliphatic rings. The fourth-order valence-electron chi connectivity index (χ4n) is 5.06. The third-order valence-electron chi connectivity index (χ3n) is 6.88. The predicted molar refractivity (Wildman–Crippen MR) is 119 cm³/mol. The second-order valence-corrected chi connectivity index (χ2v) is 9.06. The largest absolute Gasteiger partial charge is 0.328 e. The number of pyridine rings is 1. The summed E-state index contributed by atoms with van der Waals surface area (Å²) in [7, 11) is 1.68. The van der Waals surface area contributed by atoms with Gasteiger partial charge in [-0.3, -0.25) is 9.48 Å². The number of carbonyl (C=O) groups excluding carboxylic acids is 1. The highest BCUT2D eigenvalue weighted by Gasteiger charge is 2.36. The van der Waals surface area contributed by atoms with Crippen LogP contribution in [0.4, 0.5) is 13.2 Å². The third kappa shape index (κ3) is 3.06. The molecule has 0 unspecified atom stereocenters. The molecule has 9 heteroatoms. The first-order valence-electron chi connectivity index (χ1n) is 11.3. The summed E-state index contributed by atoms with van der Waals surface area (Å²) in [5.74, 6) is -2.85. The number of hydrogen-bond donors (Lipinski definition) is 0. The fourth-order valence-corrected chi connectivity index (χ4v) is 5.06. The molecule has 1 aromatic carbocycles. The maximum absolute atomic E-state index is 13.9. The Morgan fingerprint density at radius 3 is 2.56 bits per heavy atom. The molecule has 0 N–H and O–H groups in total. The average molecular weight is 465 g/mol. The van der Waals surface area contributed by atoms with E-state index in [0.29, 0.717) is 36.0 Å². The van der Waals surface area contributed by atoms with Crippen molar-refractivity contribution in [1.29, 1.82) is 0 Å². The van der Waals surface area contributed by atoms with Crippen molar-refractivity contribution in [2.75, 3.05) is 6.54 Å². The van der Waals surface area contributed by atoms with Crippen molar-refractivity contribution in [3.05, 3.63) is 76.8 Å². The Bertz CT molecular complexity index is 1450. The molecule has 3 aromatic heterocycles. The molecule has 0 bridgehead atoms. The van der Waals surface area contributed by atoms with Gasteiger partial charge in [-0.25, -0.2) is 18.2 Å². The van der Waals surface area contributed by atoms with Gasteiger partial charge >= 0.3 is 0 Å². The number of halogens is 3. The van der Waals surface area contributed by atoms with Gasteiger partial charge in [-0.1, -0.05) is 6.07 Å². The monoisotopic (exact) mass is 465 g/mol. The van der Waals surface area contributed by atoms with Crippen LogP contribution in [0, 0.1) is 17.5 Å². The van der Waals surface area contributed by atoms with Crippen LogP contribution >= 0.6 is 0 Å². The van der Waals surface area contributed by atoms with Gasteiger partial charge in [0.25, 0.3) is 5.91 Å². The first-order chi connectivity index (χ1) is 16.3. The van der Waals surface area contributed by atoms with Crippen molar-refractivity contribution in [3.63, 3.8) is 0 Å². The highest BCUT2D eigenvalue weighted by Crippen LogP contribution is 2.41. The number of carbonyl (C=O) groups is 1. The summed E-state index contributed by atoms with van der Waals surface area (Å²) in [5, 5.41) is 4.58. The van der Waals surface area contributed by atoms with Crippen LogP contribution in [-0.2, 0) is 13.5 Å². The number of amides is 1. The molecule has 4 aromatic rings. The van der Waals surface area contributed by atoms with Crippen molar-refractivity contribution in [3.8, 4) is 11.3 Å². The van der Waals surface area contributed by atoms with E-state index in [0.717, 1.165) is 41.9 Å². The molecule has 1 amide bonds. The molecule has 0 radical (unpaired) electrons. The molecule has 1 aliphatic heterocycles. The number of aryl methyl sites for hydroxylation is 1. The zero-order valence-corrected chi connectivity index (χ0v) is 18.7. The molecule has 6 nitrogen and oxygen atoms in total. The van der Waals surface area contributed by atoms with Crippen molar-refractivity contribution in [2.45, 2.75) is 38.1 Å². The SMILES string of the molecule is C[C@H]1c2nn(C)c(-c3cc(F)c(F)c(F)c3)c2CCN1C(=O)c1nc(C2CC2)n2ccccc12. The molecule has 1 saturated carbocycles. The minimum atomic E-state index is -1.50. The van der Waals surface area contributed by atoms with Crippen LogP contribution in [0.3, 0.4) is 0 Å². The summed E-state index contributed by atoms with van der Waals surface area (Å²) in [4.78, 5) is 20.1. The average Bonchev–Trinajstić information content (AvgIpc) is 3.50. The molecule has 174 valence electrons. The normalized spacial score (nSPS) is 17.9. The van der Waals surface area contributed by atoms with E-state index in [-0.39, 0.29) is 17.5 Å². The molecular formula is C25H22F3N5O. The van der Waals surface area contributed by atoms with Gasteiger partial charge in [-0.2, -0.15) is 5.10 Å². The van der Waals surface area contributed by atoms with E-state index in [4.69, 9.17) is 4.98 Å². The number of imidazole rings is 1. The van der Waals surface area contributed by atoms with Gasteiger partial charge in [0.2, 0.25) is 0 Å². The smallest absolute Gasteiger partial charge is 0.275 e. The molecule has 1 fully saturated rings. The lowest BCUT2D eigenvalue weighted by Gasteiger charge is -2.32. The molecule has 6 rings (SSSR count). The highest BCUT2D eigenvalue weighted by atomic mass is 19.2. The van der Waals surface area contributed by atoms with Crippen molar-refractivity contribution in [1.82, 2.24) is 24.1 Å². The van der Waals surface area contributed by atoms with E-state index in [9.17, 15) is 18.0 Å². The van der Waals surface area contributed by atoms with Gasteiger partial charge in [-0.05, 0) is 50.5 Å². The summed E-state index contributed by atoms with van der Waals surface area (Å²) in [6.07, 6.45) is 4.55. The van der Waals surface area contributed by atoms with E-state index >= 15 is 0 Å². The van der Waals surface area contributed by atoms with Crippen LogP contribution in [0.25, 0.3) is 16.8 Å². The Morgan fingerprint density at radius 2 is 1.85 bits per heavy atom. The van der Waals surface area contributed by atoms with Crippen molar-refractivity contribution >= 4 is 11.4 Å². The number of rotatable bonds is 3. The summed E-state index contributed by atoms with van der Waals surface area (Å²) in [6.45, 7) is 2.29. The Labute approximate surface area is 193 Å². The Morgan fingerprint density at radius 1 is 1.12 bits per heavy atom. The first-order valence-corrected chi connectivity index (χ1v) is 11.3. The number of hydrogen-bond acceptors (Lipinski definition) is 3. The maximum Gasteiger partial charge on any atom is 0.275 e. The van der Waals surface area contributed by atoms with Crippen LogP contribution in [-0.4, -0.2) is 36.5 Å². The first kappa shape index (κ1) is 20.9. The number of benzene rings is 1. The topological polar surface area (TPSA) is 55.4 Å². The van der Waals surface area contributed by atoms with Crippen LogP contribution in [0.15, 0.2) is 36.5 Å². The van der Waals surface area contributed by atoms with E-state index in [2.05, 4.69) is 5.10 Å². The zero-order chi connectivity index (χ0) is 23.7. The third-order valence-corrected chi connectivity index (χ3v) is 6.88. The summed E-state index contributed by atoms with van der Waals surface area (Å²) in [5.41, 5.74) is 3.41. The standard InChI is InChI=1S/C25H22F3N5O/c1-13-21-16(23(31(2)30-21)15-11-17(26)20(28)18(27)12-15)8-10-32(13)25(34)22-19-5-3-4-9-33(19)24(29-22)14-6-7-14/h3-5,9,11-14H,6-8,10H2,1-2H3/t13-/m0/s1. The molecular weight excluding hydrogens is 443 g/mol. The van der Waals surface area contributed by atoms with Gasteiger partial charge in [-0.15, -0.1) is 0 Å². The van der Waals surface area contributed by atoms with Gasteiger partial charge in [0.05, 0.1) is 22.9 Å². The van der Waals surface area contributed by atoms with E-state index < -0.39 is 17.5 Å². The van der Waals surface area contributed by atoms with Crippen molar-refractivity contribution < 1.29 is 18.0 Å². The second kappa shape index (κ2) is 7.44. The highest BCUT2D eigenvalue weighted by molar-refractivity contribution is 5.99. The number of aromatic nitrogens is 4. The predicted octanol–water partition coefficient (Wildman–Crippen LogP) is 4.79. The lowest BCUT2D eigenvalue weighted by Crippen LogP contribution is -2.39. The van der Waals surface area contributed by atoms with Gasteiger partial charge in [0, 0.05) is 36.8 Å². The Kier molecular flexibility index (Phi) is 4.59. The second-order valence-electron chi connectivity index (χ2n) is 9.06. The Balaban J connectivity index is 1.38. The maximum atomic E-state index is 13.9. The van der Waals surface area contributed by atoms with Crippen molar-refractivity contribution in [2.24, 2.45) is 7.05 Å². The summed E-state index contributed by atoms with van der Waals surface area (Å²) >= 11 is 0. The van der Waals surface area contributed by atoms with E-state index in [1.54, 1.807) is 16.6 Å². The molecule has 4 heterocycles. The lowest BCUT2D eigenvalue weighted by molar-refractivity contribution is 0.0670. The summed E-state index contributed by atoms with van der Waals surface area (Å²) in [6, 6.07) is 7.33. The van der Waals surface area contributed by atoms with Gasteiger partial charge in [0.15, 0.2) is 23.1 Å². The number of fused-ring (bicyclic) bond motifs is 2. The van der Waals surface area contributed by atoms with Crippen LogP contribution in [0.5, 0.6) is 0 Å². The molecule has 0 spiro atoms. The molecule has 1 aliphatic carbocycles.